The first-order valence-electron chi connectivity index (χ1n) is 5.90. The first-order chi connectivity index (χ1) is 8.81. The second kappa shape index (κ2) is 5.99. The highest BCUT2D eigenvalue weighted by atomic mass is 19.1. The summed E-state index contributed by atoms with van der Waals surface area (Å²) in [7, 11) is 1.84. The molecule has 0 amide bonds. The topological polar surface area (TPSA) is 82.1 Å². The predicted molar refractivity (Wildman–Crippen MR) is 71.5 cm³/mol. The molecule has 0 aliphatic rings. The summed E-state index contributed by atoms with van der Waals surface area (Å²) in [5, 5.41) is 21.0. The number of hydrogen-bond donors (Lipinski definition) is 3. The zero-order chi connectivity index (χ0) is 14.6. The largest absolute Gasteiger partial charge is 0.409 e. The molecule has 4 N–H and O–H groups in total. The fraction of sp³-hybridized carbons (Fsp3) is 0.462. The van der Waals surface area contributed by atoms with Gasteiger partial charge < -0.3 is 16.0 Å². The molecule has 0 fully saturated rings. The summed E-state index contributed by atoms with van der Waals surface area (Å²) in [4.78, 5) is 1.91. The van der Waals surface area contributed by atoms with E-state index in [0.717, 1.165) is 5.56 Å². The Balaban J connectivity index is 3.08. The van der Waals surface area contributed by atoms with Gasteiger partial charge in [-0.1, -0.05) is 11.2 Å². The van der Waals surface area contributed by atoms with Crippen molar-refractivity contribution in [2.24, 2.45) is 10.9 Å². The number of amidine groups is 1. The molecule has 0 heterocycles. The van der Waals surface area contributed by atoms with Gasteiger partial charge in [-0.2, -0.15) is 0 Å². The zero-order valence-electron chi connectivity index (χ0n) is 11.4. The predicted octanol–water partition coefficient (Wildman–Crippen LogP) is 1.12. The number of benzene rings is 1. The lowest BCUT2D eigenvalue weighted by Crippen LogP contribution is -2.43. The molecule has 0 saturated heterocycles. The van der Waals surface area contributed by atoms with Crippen molar-refractivity contribution in [2.75, 3.05) is 13.7 Å². The van der Waals surface area contributed by atoms with Gasteiger partial charge in [0.15, 0.2) is 5.84 Å². The van der Waals surface area contributed by atoms with Crippen LogP contribution >= 0.6 is 0 Å². The third-order valence-electron chi connectivity index (χ3n) is 3.28. The van der Waals surface area contributed by atoms with Crippen LogP contribution in [0.25, 0.3) is 0 Å². The molecule has 0 radical (unpaired) electrons. The minimum atomic E-state index is -0.450. The molecule has 0 bridgehead atoms. The van der Waals surface area contributed by atoms with E-state index in [9.17, 15) is 9.50 Å². The fourth-order valence-corrected chi connectivity index (χ4v) is 1.57. The molecule has 0 unspecified atom stereocenters. The van der Waals surface area contributed by atoms with Crippen LogP contribution in [0.3, 0.4) is 0 Å². The van der Waals surface area contributed by atoms with Crippen molar-refractivity contribution in [1.29, 1.82) is 0 Å². The maximum Gasteiger partial charge on any atom is 0.170 e. The van der Waals surface area contributed by atoms with Gasteiger partial charge in [0.05, 0.1) is 6.61 Å². The van der Waals surface area contributed by atoms with Crippen LogP contribution in [0.2, 0.25) is 0 Å². The summed E-state index contributed by atoms with van der Waals surface area (Å²) < 4.78 is 13.2. The Morgan fingerprint density at radius 3 is 2.63 bits per heavy atom. The van der Waals surface area contributed by atoms with Gasteiger partial charge in [0, 0.05) is 17.6 Å². The first kappa shape index (κ1) is 15.4. The second-order valence-corrected chi connectivity index (χ2v) is 5.11. The molecular formula is C13H20FN3O2. The molecule has 0 aliphatic carbocycles. The van der Waals surface area contributed by atoms with Crippen LogP contribution in [0.4, 0.5) is 4.39 Å². The lowest BCUT2D eigenvalue weighted by Gasteiger charge is -2.34. The van der Waals surface area contributed by atoms with Gasteiger partial charge >= 0.3 is 0 Å². The SMILES string of the molecule is CN(Cc1ccc(F)cc1/C(N)=N/O)C(C)(C)CO. The number of likely N-dealkylation sites (N-methyl/N-ethyl adjacent to an activating group) is 1. The van der Waals surface area contributed by atoms with Gasteiger partial charge in [-0.05, 0) is 38.6 Å². The van der Waals surface area contributed by atoms with Crippen molar-refractivity contribution in [3.63, 3.8) is 0 Å². The molecule has 1 aromatic rings. The Morgan fingerprint density at radius 2 is 2.11 bits per heavy atom. The van der Waals surface area contributed by atoms with Gasteiger partial charge in [-0.3, -0.25) is 4.90 Å². The Morgan fingerprint density at radius 1 is 1.47 bits per heavy atom. The molecule has 0 aliphatic heterocycles. The van der Waals surface area contributed by atoms with Crippen molar-refractivity contribution in [3.8, 4) is 0 Å². The highest BCUT2D eigenvalue weighted by molar-refractivity contribution is 5.98. The smallest absolute Gasteiger partial charge is 0.170 e. The summed E-state index contributed by atoms with van der Waals surface area (Å²) in [6.07, 6.45) is 0. The number of rotatable bonds is 5. The van der Waals surface area contributed by atoms with Gasteiger partial charge in [0.2, 0.25) is 0 Å². The average molecular weight is 269 g/mol. The number of aliphatic hydroxyl groups is 1. The van der Waals surface area contributed by atoms with Crippen molar-refractivity contribution in [3.05, 3.63) is 35.1 Å². The van der Waals surface area contributed by atoms with Gasteiger partial charge in [-0.15, -0.1) is 0 Å². The van der Waals surface area contributed by atoms with Crippen molar-refractivity contribution in [2.45, 2.75) is 25.9 Å². The Hall–Kier alpha value is -1.66. The third-order valence-corrected chi connectivity index (χ3v) is 3.28. The molecule has 1 rings (SSSR count). The van der Waals surface area contributed by atoms with Crippen molar-refractivity contribution in [1.82, 2.24) is 4.90 Å². The summed E-state index contributed by atoms with van der Waals surface area (Å²) in [6, 6.07) is 4.14. The van der Waals surface area contributed by atoms with Crippen LogP contribution in [0.1, 0.15) is 25.0 Å². The Bertz CT molecular complexity index is 475. The molecule has 0 atom stereocenters. The molecule has 0 saturated carbocycles. The van der Waals surface area contributed by atoms with E-state index in [0.29, 0.717) is 12.1 Å². The molecule has 1 aromatic carbocycles. The second-order valence-electron chi connectivity index (χ2n) is 5.11. The Kier molecular flexibility index (Phi) is 4.85. The minimum absolute atomic E-state index is 0.0103. The lowest BCUT2D eigenvalue weighted by atomic mass is 10.0. The van der Waals surface area contributed by atoms with E-state index < -0.39 is 11.4 Å². The van der Waals surface area contributed by atoms with E-state index in [1.54, 1.807) is 6.07 Å². The maximum absolute atomic E-state index is 13.2. The minimum Gasteiger partial charge on any atom is -0.409 e. The number of oxime groups is 1. The van der Waals surface area contributed by atoms with Crippen LogP contribution in [-0.2, 0) is 6.54 Å². The van der Waals surface area contributed by atoms with E-state index in [2.05, 4.69) is 5.16 Å². The highest BCUT2D eigenvalue weighted by Crippen LogP contribution is 2.18. The molecule has 0 spiro atoms. The number of nitrogens with two attached hydrogens (primary N) is 1. The third kappa shape index (κ3) is 3.65. The average Bonchev–Trinajstić information content (AvgIpc) is 2.39. The van der Waals surface area contributed by atoms with Crippen molar-refractivity contribution < 1.29 is 14.7 Å². The van der Waals surface area contributed by atoms with E-state index in [1.807, 2.05) is 25.8 Å². The summed E-state index contributed by atoms with van der Waals surface area (Å²) in [6.45, 7) is 4.21. The zero-order valence-corrected chi connectivity index (χ0v) is 11.4. The summed E-state index contributed by atoms with van der Waals surface area (Å²) in [5.41, 5.74) is 6.20. The number of halogens is 1. The van der Waals surface area contributed by atoms with Crippen LogP contribution in [0, 0.1) is 5.82 Å². The van der Waals surface area contributed by atoms with E-state index >= 15 is 0 Å². The fourth-order valence-electron chi connectivity index (χ4n) is 1.57. The summed E-state index contributed by atoms with van der Waals surface area (Å²) >= 11 is 0. The molecular weight excluding hydrogens is 249 g/mol. The Labute approximate surface area is 112 Å². The monoisotopic (exact) mass is 269 g/mol. The standard InChI is InChI=1S/C13H20FN3O2/c1-13(2,8-18)17(3)7-9-4-5-10(14)6-11(9)12(15)16-19/h4-6,18-19H,7-8H2,1-3H3,(H2,15,16). The lowest BCUT2D eigenvalue weighted by molar-refractivity contribution is 0.0733. The normalized spacial score (nSPS) is 13.1. The van der Waals surface area contributed by atoms with Crippen molar-refractivity contribution >= 4 is 5.84 Å². The number of hydrogen-bond acceptors (Lipinski definition) is 4. The van der Waals surface area contributed by atoms with E-state index in [4.69, 9.17) is 10.9 Å². The van der Waals surface area contributed by atoms with Crippen LogP contribution in [-0.4, -0.2) is 40.2 Å². The molecule has 0 aromatic heterocycles. The van der Waals surface area contributed by atoms with Crippen LogP contribution in [0.5, 0.6) is 0 Å². The van der Waals surface area contributed by atoms with Gasteiger partial charge in [0.1, 0.15) is 5.82 Å². The van der Waals surface area contributed by atoms with Gasteiger partial charge in [0.25, 0.3) is 0 Å². The van der Waals surface area contributed by atoms with Crippen LogP contribution < -0.4 is 5.73 Å². The molecule has 6 heteroatoms. The molecule has 5 nitrogen and oxygen atoms in total. The van der Waals surface area contributed by atoms with Gasteiger partial charge in [-0.25, -0.2) is 4.39 Å². The summed E-state index contributed by atoms with van der Waals surface area (Å²) in [5.74, 6) is -0.584. The molecule has 106 valence electrons. The number of nitrogens with zero attached hydrogens (tertiary/aromatic N) is 2. The molecule has 19 heavy (non-hydrogen) atoms. The number of aliphatic hydroxyl groups excluding tert-OH is 1. The quantitative estimate of drug-likeness (QED) is 0.324. The maximum atomic E-state index is 13.2. The van der Waals surface area contributed by atoms with E-state index in [-0.39, 0.29) is 12.4 Å². The highest BCUT2D eigenvalue weighted by Gasteiger charge is 2.23. The van der Waals surface area contributed by atoms with E-state index in [1.165, 1.54) is 12.1 Å². The van der Waals surface area contributed by atoms with Crippen LogP contribution in [0.15, 0.2) is 23.4 Å². The first-order valence-corrected chi connectivity index (χ1v) is 5.90.